The fourth-order valence-corrected chi connectivity index (χ4v) is 3.96. The predicted octanol–water partition coefficient (Wildman–Crippen LogP) is 4.02. The number of hydrogen-bond donors (Lipinski definition) is 0. The van der Waals surface area contributed by atoms with Gasteiger partial charge in [-0.05, 0) is 36.2 Å². The van der Waals surface area contributed by atoms with Gasteiger partial charge in [-0.15, -0.1) is 0 Å². The Labute approximate surface area is 170 Å². The van der Waals surface area contributed by atoms with Crippen molar-refractivity contribution in [2.24, 2.45) is 14.1 Å². The fraction of sp³-hybridized carbons (Fsp3) is 0.182. The molecule has 5 nitrogen and oxygen atoms in total. The highest BCUT2D eigenvalue weighted by Gasteiger charge is 2.20. The first-order valence-corrected chi connectivity index (χ1v) is 9.88. The van der Waals surface area contributed by atoms with Gasteiger partial charge in [0.05, 0.1) is 16.6 Å². The molecular weight excluding hydrogens is 418 g/mol. The lowest BCUT2D eigenvalue weighted by atomic mass is 10.1. The van der Waals surface area contributed by atoms with Crippen LogP contribution in [0.2, 0.25) is 0 Å². The summed E-state index contributed by atoms with van der Waals surface area (Å²) in [6, 6.07) is 16.1. The van der Waals surface area contributed by atoms with Crippen molar-refractivity contribution in [1.29, 1.82) is 0 Å². The molecular formula is C22H20BrN3O2. The number of nitrogens with zero attached hydrogens (tertiary/aromatic N) is 3. The topological polar surface area (TPSA) is 48.9 Å². The second kappa shape index (κ2) is 6.95. The van der Waals surface area contributed by atoms with E-state index >= 15 is 0 Å². The number of aryl methyl sites for hydroxylation is 2. The third-order valence-electron chi connectivity index (χ3n) is 5.16. The van der Waals surface area contributed by atoms with E-state index in [0.717, 1.165) is 32.4 Å². The Hall–Kier alpha value is -2.86. The summed E-state index contributed by atoms with van der Waals surface area (Å²) >= 11 is 3.52. The smallest absolute Gasteiger partial charge is 0.314 e. The Morgan fingerprint density at radius 1 is 0.964 bits per heavy atom. The number of hydrogen-bond acceptors (Lipinski definition) is 2. The van der Waals surface area contributed by atoms with Crippen molar-refractivity contribution in [3.8, 4) is 16.9 Å². The summed E-state index contributed by atoms with van der Waals surface area (Å²) in [6.45, 7) is 2.12. The maximum absolute atomic E-state index is 13.1. The predicted molar refractivity (Wildman–Crippen MR) is 116 cm³/mol. The zero-order valence-corrected chi connectivity index (χ0v) is 17.5. The van der Waals surface area contributed by atoms with Gasteiger partial charge in [0.1, 0.15) is 0 Å². The van der Waals surface area contributed by atoms with Crippen LogP contribution >= 0.6 is 15.9 Å². The quantitative estimate of drug-likeness (QED) is 0.485. The molecule has 142 valence electrons. The first kappa shape index (κ1) is 18.5. The van der Waals surface area contributed by atoms with E-state index in [2.05, 4.69) is 35.0 Å². The molecule has 6 heteroatoms. The van der Waals surface area contributed by atoms with E-state index in [1.165, 1.54) is 17.2 Å². The number of benzene rings is 2. The largest absolute Gasteiger partial charge is 0.330 e. The molecule has 0 spiro atoms. The van der Waals surface area contributed by atoms with Crippen molar-refractivity contribution in [2.45, 2.75) is 13.3 Å². The molecule has 0 aliphatic heterocycles. The zero-order valence-electron chi connectivity index (χ0n) is 15.9. The minimum Gasteiger partial charge on any atom is -0.314 e. The third kappa shape index (κ3) is 2.85. The van der Waals surface area contributed by atoms with E-state index in [1.807, 2.05) is 47.2 Å². The van der Waals surface area contributed by atoms with Gasteiger partial charge < -0.3 is 4.57 Å². The highest BCUT2D eigenvalue weighted by Crippen LogP contribution is 2.32. The maximum atomic E-state index is 13.1. The van der Waals surface area contributed by atoms with Crippen LogP contribution in [0.5, 0.6) is 0 Å². The molecule has 2 aromatic heterocycles. The highest BCUT2D eigenvalue weighted by atomic mass is 79.9. The van der Waals surface area contributed by atoms with Crippen LogP contribution in [0.15, 0.2) is 68.8 Å². The summed E-state index contributed by atoms with van der Waals surface area (Å²) in [5.41, 5.74) is 3.85. The van der Waals surface area contributed by atoms with Crippen LogP contribution in [-0.2, 0) is 20.5 Å². The summed E-state index contributed by atoms with van der Waals surface area (Å²) in [5.74, 6) is 0. The Balaban J connectivity index is 2.16. The molecule has 4 rings (SSSR count). The van der Waals surface area contributed by atoms with Crippen molar-refractivity contribution >= 4 is 26.8 Å². The number of rotatable bonds is 3. The lowest BCUT2D eigenvalue weighted by molar-refractivity contribution is 0.714. The minimum atomic E-state index is -0.336. The highest BCUT2D eigenvalue weighted by molar-refractivity contribution is 9.10. The first-order chi connectivity index (χ1) is 13.4. The molecule has 0 aliphatic carbocycles. The van der Waals surface area contributed by atoms with E-state index < -0.39 is 0 Å². The van der Waals surface area contributed by atoms with Crippen LogP contribution in [-0.4, -0.2) is 13.7 Å². The Morgan fingerprint density at radius 2 is 1.68 bits per heavy atom. The molecule has 0 saturated carbocycles. The molecule has 0 saturated heterocycles. The molecule has 0 N–H and O–H groups in total. The second-order valence-corrected chi connectivity index (χ2v) is 7.76. The van der Waals surface area contributed by atoms with Crippen molar-refractivity contribution in [1.82, 2.24) is 13.7 Å². The molecule has 0 aliphatic rings. The average Bonchev–Trinajstić information content (AvgIpc) is 3.11. The SMILES string of the molecule is CCc1ccc(-n2cc3c(c2-c2cccc(Br)c2)c(=O)n(C)c(=O)n3C)cc1. The molecule has 0 unspecified atom stereocenters. The standard InChI is InChI=1S/C22H20BrN3O2/c1-4-14-8-10-17(11-9-14)26-13-18-19(21(27)25(3)22(28)24(18)2)20(26)15-6-5-7-16(23)12-15/h5-13H,4H2,1-3H3. The van der Waals surface area contributed by atoms with Gasteiger partial charge in [-0.3, -0.25) is 13.9 Å². The summed E-state index contributed by atoms with van der Waals surface area (Å²) in [6.07, 6.45) is 2.83. The van der Waals surface area contributed by atoms with Gasteiger partial charge in [0, 0.05) is 36.0 Å². The van der Waals surface area contributed by atoms with Crippen LogP contribution in [0.25, 0.3) is 27.8 Å². The Kier molecular flexibility index (Phi) is 4.59. The van der Waals surface area contributed by atoms with Crippen LogP contribution < -0.4 is 11.2 Å². The van der Waals surface area contributed by atoms with Crippen molar-refractivity contribution in [3.05, 3.63) is 85.6 Å². The summed E-state index contributed by atoms with van der Waals surface area (Å²) in [5, 5.41) is 0.530. The van der Waals surface area contributed by atoms with E-state index in [-0.39, 0.29) is 11.2 Å². The van der Waals surface area contributed by atoms with Gasteiger partial charge >= 0.3 is 5.69 Å². The minimum absolute atomic E-state index is 0.294. The van der Waals surface area contributed by atoms with Gasteiger partial charge in [0.2, 0.25) is 0 Å². The lowest BCUT2D eigenvalue weighted by Crippen LogP contribution is -2.36. The van der Waals surface area contributed by atoms with E-state index in [0.29, 0.717) is 10.9 Å². The molecule has 28 heavy (non-hydrogen) atoms. The van der Waals surface area contributed by atoms with Gasteiger partial charge in [-0.1, -0.05) is 47.1 Å². The van der Waals surface area contributed by atoms with E-state index in [1.54, 1.807) is 7.05 Å². The van der Waals surface area contributed by atoms with Gasteiger partial charge in [0.15, 0.2) is 0 Å². The van der Waals surface area contributed by atoms with Gasteiger partial charge in [-0.2, -0.15) is 0 Å². The molecule has 4 aromatic rings. The first-order valence-electron chi connectivity index (χ1n) is 9.08. The molecule has 0 atom stereocenters. The van der Waals surface area contributed by atoms with E-state index in [4.69, 9.17) is 0 Å². The van der Waals surface area contributed by atoms with Crippen molar-refractivity contribution in [3.63, 3.8) is 0 Å². The summed E-state index contributed by atoms with van der Waals surface area (Å²) < 4.78 is 5.60. The second-order valence-electron chi connectivity index (χ2n) is 6.84. The summed E-state index contributed by atoms with van der Waals surface area (Å²) in [7, 11) is 3.21. The fourth-order valence-electron chi connectivity index (χ4n) is 3.56. The number of aromatic nitrogens is 3. The molecule has 0 bridgehead atoms. The van der Waals surface area contributed by atoms with Crippen LogP contribution in [0, 0.1) is 0 Å². The van der Waals surface area contributed by atoms with Crippen LogP contribution in [0.1, 0.15) is 12.5 Å². The Morgan fingerprint density at radius 3 is 2.32 bits per heavy atom. The molecule has 2 heterocycles. The van der Waals surface area contributed by atoms with Crippen LogP contribution in [0.4, 0.5) is 0 Å². The normalized spacial score (nSPS) is 11.3. The van der Waals surface area contributed by atoms with E-state index in [9.17, 15) is 9.59 Å². The average molecular weight is 438 g/mol. The van der Waals surface area contributed by atoms with Gasteiger partial charge in [-0.25, -0.2) is 4.79 Å². The summed E-state index contributed by atoms with van der Waals surface area (Å²) in [4.78, 5) is 25.5. The number of halogens is 1. The Bertz CT molecular complexity index is 1310. The van der Waals surface area contributed by atoms with Crippen molar-refractivity contribution in [2.75, 3.05) is 0 Å². The molecule has 2 aromatic carbocycles. The monoisotopic (exact) mass is 437 g/mol. The van der Waals surface area contributed by atoms with Crippen molar-refractivity contribution < 1.29 is 0 Å². The zero-order chi connectivity index (χ0) is 20.0. The molecule has 0 fully saturated rings. The maximum Gasteiger partial charge on any atom is 0.330 e. The molecule has 0 radical (unpaired) electrons. The third-order valence-corrected chi connectivity index (χ3v) is 5.65. The number of fused-ring (bicyclic) bond motifs is 1. The molecule has 0 amide bonds. The van der Waals surface area contributed by atoms with Crippen LogP contribution in [0.3, 0.4) is 0 Å². The lowest BCUT2D eigenvalue weighted by Gasteiger charge is -2.11. The van der Waals surface area contributed by atoms with Gasteiger partial charge in [0.25, 0.3) is 5.56 Å².